The van der Waals surface area contributed by atoms with Gasteiger partial charge in [0.2, 0.25) is 10.0 Å². The summed E-state index contributed by atoms with van der Waals surface area (Å²) in [6.07, 6.45) is 0. The van der Waals surface area contributed by atoms with Gasteiger partial charge in [0.15, 0.2) is 6.61 Å². The molecule has 1 amide bonds. The van der Waals surface area contributed by atoms with Gasteiger partial charge in [0.25, 0.3) is 5.91 Å². The second-order valence-electron chi connectivity index (χ2n) is 6.09. The van der Waals surface area contributed by atoms with Crippen LogP contribution in [0.3, 0.4) is 0 Å². The highest BCUT2D eigenvalue weighted by Crippen LogP contribution is 2.21. The molecule has 11 heteroatoms. The summed E-state index contributed by atoms with van der Waals surface area (Å²) in [5, 5.41) is 6.30. The molecule has 0 aliphatic carbocycles. The Morgan fingerprint density at radius 3 is 2.46 bits per heavy atom. The van der Waals surface area contributed by atoms with Crippen molar-refractivity contribution in [1.82, 2.24) is 4.90 Å². The Kier molecular flexibility index (Phi) is 5.96. The molecule has 2 aromatic rings. The summed E-state index contributed by atoms with van der Waals surface area (Å²) in [6, 6.07) is 7.55. The Labute approximate surface area is 165 Å². The van der Waals surface area contributed by atoms with Gasteiger partial charge in [-0.05, 0) is 18.2 Å². The summed E-state index contributed by atoms with van der Waals surface area (Å²) in [5.74, 6) is -1.49. The van der Waals surface area contributed by atoms with Crippen LogP contribution in [0.5, 0.6) is 0 Å². The summed E-state index contributed by atoms with van der Waals surface area (Å²) in [4.78, 5) is 27.6. The topological polar surface area (TPSA) is 110 Å². The molecule has 0 saturated carbocycles. The number of sulfonamides is 1. The van der Waals surface area contributed by atoms with Crippen molar-refractivity contribution in [2.45, 2.75) is 4.21 Å². The monoisotopic (exact) mass is 427 g/mol. The highest BCUT2D eigenvalue weighted by Gasteiger charge is 2.24. The van der Waals surface area contributed by atoms with E-state index in [0.717, 1.165) is 17.4 Å². The van der Waals surface area contributed by atoms with Crippen molar-refractivity contribution < 1.29 is 27.1 Å². The Bertz CT molecular complexity index is 984. The third-order valence-corrected chi connectivity index (χ3v) is 6.63. The van der Waals surface area contributed by atoms with Gasteiger partial charge in [-0.1, -0.05) is 12.1 Å². The number of benzene rings is 1. The van der Waals surface area contributed by atoms with Gasteiger partial charge in [0.1, 0.15) is 10.0 Å². The van der Waals surface area contributed by atoms with Crippen LogP contribution in [-0.4, -0.2) is 58.0 Å². The van der Waals surface area contributed by atoms with E-state index in [2.05, 4.69) is 0 Å². The highest BCUT2D eigenvalue weighted by molar-refractivity contribution is 7.91. The molecule has 1 saturated heterocycles. The number of nitrogens with two attached hydrogens (primary N) is 1. The van der Waals surface area contributed by atoms with Crippen molar-refractivity contribution in [2.75, 3.05) is 37.7 Å². The molecule has 150 valence electrons. The molecule has 0 radical (unpaired) electrons. The number of halogens is 1. The Balaban J connectivity index is 1.50. The zero-order chi connectivity index (χ0) is 20.3. The molecule has 1 fully saturated rings. The maximum Gasteiger partial charge on any atom is 0.339 e. The number of amides is 1. The number of esters is 1. The van der Waals surface area contributed by atoms with Crippen molar-refractivity contribution >= 4 is 38.9 Å². The Morgan fingerprint density at radius 2 is 1.86 bits per heavy atom. The summed E-state index contributed by atoms with van der Waals surface area (Å²) in [5.41, 5.74) is 0.510. The minimum atomic E-state index is -3.89. The van der Waals surface area contributed by atoms with Crippen LogP contribution in [0.25, 0.3) is 0 Å². The van der Waals surface area contributed by atoms with E-state index in [0.29, 0.717) is 31.9 Å². The zero-order valence-electron chi connectivity index (χ0n) is 14.7. The second kappa shape index (κ2) is 8.25. The van der Waals surface area contributed by atoms with E-state index in [4.69, 9.17) is 9.88 Å². The molecule has 1 aromatic carbocycles. The predicted molar refractivity (Wildman–Crippen MR) is 101 cm³/mol. The largest absolute Gasteiger partial charge is 0.452 e. The number of anilines is 1. The normalized spacial score (nSPS) is 14.8. The van der Waals surface area contributed by atoms with Gasteiger partial charge in [-0.15, -0.1) is 11.3 Å². The van der Waals surface area contributed by atoms with E-state index in [-0.39, 0.29) is 21.5 Å². The quantitative estimate of drug-likeness (QED) is 0.714. The minimum Gasteiger partial charge on any atom is -0.452 e. The summed E-state index contributed by atoms with van der Waals surface area (Å²) < 4.78 is 41.1. The maximum atomic E-state index is 13.9. The van der Waals surface area contributed by atoms with Gasteiger partial charge < -0.3 is 14.5 Å². The van der Waals surface area contributed by atoms with Gasteiger partial charge in [0.05, 0.1) is 11.3 Å². The first kappa shape index (κ1) is 20.2. The smallest absolute Gasteiger partial charge is 0.339 e. The molecule has 0 spiro atoms. The van der Waals surface area contributed by atoms with Gasteiger partial charge in [-0.3, -0.25) is 4.79 Å². The van der Waals surface area contributed by atoms with E-state index in [1.807, 2.05) is 4.90 Å². The van der Waals surface area contributed by atoms with Crippen molar-refractivity contribution in [3.8, 4) is 0 Å². The van der Waals surface area contributed by atoms with Crippen LogP contribution >= 0.6 is 11.3 Å². The van der Waals surface area contributed by atoms with Crippen LogP contribution in [0.1, 0.15) is 10.4 Å². The van der Waals surface area contributed by atoms with Crippen LogP contribution in [0.4, 0.5) is 10.1 Å². The van der Waals surface area contributed by atoms with Gasteiger partial charge >= 0.3 is 5.97 Å². The van der Waals surface area contributed by atoms with Gasteiger partial charge in [-0.25, -0.2) is 22.7 Å². The number of hydrogen-bond donors (Lipinski definition) is 1. The zero-order valence-corrected chi connectivity index (χ0v) is 16.3. The molecule has 3 rings (SSSR count). The second-order valence-corrected chi connectivity index (χ2v) is 8.79. The average Bonchev–Trinajstić information content (AvgIpc) is 3.17. The molecular formula is C17H18FN3O5S2. The molecular weight excluding hydrogens is 409 g/mol. The van der Waals surface area contributed by atoms with Crippen molar-refractivity contribution in [2.24, 2.45) is 5.14 Å². The fraction of sp³-hybridized carbons (Fsp3) is 0.294. The van der Waals surface area contributed by atoms with Crippen molar-refractivity contribution in [3.05, 3.63) is 47.1 Å². The van der Waals surface area contributed by atoms with Crippen LogP contribution in [0.15, 0.2) is 39.9 Å². The molecule has 2 N–H and O–H groups in total. The number of rotatable bonds is 5. The molecule has 1 aromatic heterocycles. The molecule has 0 bridgehead atoms. The maximum absolute atomic E-state index is 13.9. The molecule has 0 atom stereocenters. The molecule has 1 aliphatic rings. The van der Waals surface area contributed by atoms with E-state index < -0.39 is 22.6 Å². The molecule has 0 unspecified atom stereocenters. The van der Waals surface area contributed by atoms with Gasteiger partial charge in [-0.2, -0.15) is 0 Å². The van der Waals surface area contributed by atoms with Crippen LogP contribution in [0, 0.1) is 5.82 Å². The fourth-order valence-electron chi connectivity index (χ4n) is 2.78. The van der Waals surface area contributed by atoms with Gasteiger partial charge in [0, 0.05) is 31.6 Å². The van der Waals surface area contributed by atoms with E-state index in [1.165, 1.54) is 16.3 Å². The number of para-hydroxylation sites is 1. The first-order valence-electron chi connectivity index (χ1n) is 8.31. The predicted octanol–water partition coefficient (Wildman–Crippen LogP) is 1.04. The number of hydrogen-bond acceptors (Lipinski definition) is 7. The molecule has 1 aliphatic heterocycles. The third kappa shape index (κ3) is 4.66. The SMILES string of the molecule is NS(=O)(=O)c1cc(C(=O)OCC(=O)N2CCN(c3ccccc3F)CC2)cs1. The van der Waals surface area contributed by atoms with Crippen molar-refractivity contribution in [1.29, 1.82) is 0 Å². The lowest BCUT2D eigenvalue weighted by molar-refractivity contribution is -0.134. The van der Waals surface area contributed by atoms with E-state index >= 15 is 0 Å². The van der Waals surface area contributed by atoms with E-state index in [9.17, 15) is 22.4 Å². The minimum absolute atomic E-state index is 0.0196. The third-order valence-electron chi connectivity index (χ3n) is 4.24. The van der Waals surface area contributed by atoms with Crippen LogP contribution in [0.2, 0.25) is 0 Å². The first-order valence-corrected chi connectivity index (χ1v) is 10.7. The number of carbonyl (C=O) groups excluding carboxylic acids is 2. The summed E-state index contributed by atoms with van der Waals surface area (Å²) >= 11 is 0.801. The highest BCUT2D eigenvalue weighted by atomic mass is 32.2. The molecule has 28 heavy (non-hydrogen) atoms. The Hall–Kier alpha value is -2.50. The summed E-state index contributed by atoms with van der Waals surface area (Å²) in [6.45, 7) is 1.21. The fourth-order valence-corrected chi connectivity index (χ4v) is 4.35. The van der Waals surface area contributed by atoms with Crippen LogP contribution < -0.4 is 10.0 Å². The lowest BCUT2D eigenvalue weighted by atomic mass is 10.2. The lowest BCUT2D eigenvalue weighted by Crippen LogP contribution is -2.50. The average molecular weight is 427 g/mol. The van der Waals surface area contributed by atoms with E-state index in [1.54, 1.807) is 18.2 Å². The Morgan fingerprint density at radius 1 is 1.18 bits per heavy atom. The summed E-state index contributed by atoms with van der Waals surface area (Å²) in [7, 11) is -3.89. The van der Waals surface area contributed by atoms with Crippen molar-refractivity contribution in [3.63, 3.8) is 0 Å². The number of ether oxygens (including phenoxy) is 1. The standard InChI is InChI=1S/C17H18FN3O5S2/c18-13-3-1-2-4-14(13)20-5-7-21(8-6-20)15(22)10-26-17(23)12-9-16(27-11-12)28(19,24)25/h1-4,9,11H,5-8,10H2,(H2,19,24,25). The molecule has 8 nitrogen and oxygen atoms in total. The van der Waals surface area contributed by atoms with Crippen LogP contribution in [-0.2, 0) is 19.6 Å². The number of nitrogens with zero attached hydrogens (tertiary/aromatic N) is 2. The lowest BCUT2D eigenvalue weighted by Gasteiger charge is -2.36. The number of piperazine rings is 1. The number of carbonyl (C=O) groups is 2. The number of thiophene rings is 1. The molecule has 2 heterocycles. The first-order chi connectivity index (χ1) is 13.3. The number of primary sulfonamides is 1.